The molecule has 0 aromatic heterocycles. The minimum atomic E-state index is -0.716. The zero-order chi connectivity index (χ0) is 23.6. The molecule has 3 amide bonds. The second-order valence-electron chi connectivity index (χ2n) is 9.47. The van der Waals surface area contributed by atoms with Crippen LogP contribution in [0.3, 0.4) is 0 Å². The molecule has 1 radical (unpaired) electrons. The van der Waals surface area contributed by atoms with E-state index in [-0.39, 0.29) is 18.2 Å². The van der Waals surface area contributed by atoms with Crippen molar-refractivity contribution in [3.05, 3.63) is 41.8 Å². The van der Waals surface area contributed by atoms with Crippen molar-refractivity contribution in [3.63, 3.8) is 0 Å². The van der Waals surface area contributed by atoms with Crippen LogP contribution in [0.25, 0.3) is 0 Å². The average molecular weight is 432 g/mol. The van der Waals surface area contributed by atoms with Gasteiger partial charge in [-0.1, -0.05) is 31.2 Å². The topological polar surface area (TPSA) is 105 Å². The third-order valence-corrected chi connectivity index (χ3v) is 4.81. The molecule has 0 aliphatic heterocycles. The zero-order valence-corrected chi connectivity index (χ0v) is 19.8. The Labute approximate surface area is 187 Å². The van der Waals surface area contributed by atoms with Crippen molar-refractivity contribution >= 4 is 17.7 Å². The summed E-state index contributed by atoms with van der Waals surface area (Å²) >= 11 is 0. The van der Waals surface area contributed by atoms with Crippen molar-refractivity contribution in [3.8, 4) is 0 Å². The van der Waals surface area contributed by atoms with Gasteiger partial charge in [-0.25, -0.2) is 0 Å². The molecule has 1 aromatic rings. The van der Waals surface area contributed by atoms with Crippen molar-refractivity contribution in [2.24, 2.45) is 11.7 Å². The summed E-state index contributed by atoms with van der Waals surface area (Å²) in [5.41, 5.74) is 7.05. The molecule has 0 saturated carbocycles. The number of nitrogens with two attached hydrogens (primary N) is 1. The van der Waals surface area contributed by atoms with E-state index in [1.807, 2.05) is 32.9 Å². The Balaban J connectivity index is 2.78. The summed E-state index contributed by atoms with van der Waals surface area (Å²) in [7, 11) is 4.12. The molecule has 2 unspecified atom stereocenters. The molecule has 0 fully saturated rings. The van der Waals surface area contributed by atoms with E-state index in [0.29, 0.717) is 6.42 Å². The summed E-state index contributed by atoms with van der Waals surface area (Å²) < 4.78 is 0. The predicted molar refractivity (Wildman–Crippen MR) is 124 cm³/mol. The van der Waals surface area contributed by atoms with Crippen LogP contribution in [0.4, 0.5) is 0 Å². The highest BCUT2D eigenvalue weighted by Gasteiger charge is 2.25. The first kappa shape index (κ1) is 26.6. The fourth-order valence-corrected chi connectivity index (χ4v) is 2.97. The molecule has 0 heterocycles. The highest BCUT2D eigenvalue weighted by atomic mass is 16.2. The molecule has 0 bridgehead atoms. The molecular formula is C24H39N4O3. The van der Waals surface area contributed by atoms with Crippen LogP contribution >= 0.6 is 0 Å². The monoisotopic (exact) mass is 431 g/mol. The van der Waals surface area contributed by atoms with Crippen LogP contribution < -0.4 is 16.4 Å². The Bertz CT molecular complexity index is 723. The van der Waals surface area contributed by atoms with Gasteiger partial charge in [-0.05, 0) is 71.8 Å². The van der Waals surface area contributed by atoms with Gasteiger partial charge in [0.1, 0.15) is 6.04 Å². The molecule has 1 aromatic carbocycles. The number of hydrogen-bond donors (Lipinski definition) is 3. The second-order valence-corrected chi connectivity index (χ2v) is 9.47. The second kappa shape index (κ2) is 12.4. The number of carbonyl (C=O) groups excluding carboxylic acids is 3. The quantitative estimate of drug-likeness (QED) is 0.470. The molecular weight excluding hydrogens is 392 g/mol. The van der Waals surface area contributed by atoms with Gasteiger partial charge < -0.3 is 21.3 Å². The van der Waals surface area contributed by atoms with Crippen LogP contribution in [0.5, 0.6) is 0 Å². The highest BCUT2D eigenvalue weighted by molar-refractivity contribution is 5.92. The fourth-order valence-electron chi connectivity index (χ4n) is 2.97. The number of rotatable bonds is 12. The summed E-state index contributed by atoms with van der Waals surface area (Å²) in [6.45, 7) is 8.39. The molecule has 173 valence electrons. The summed E-state index contributed by atoms with van der Waals surface area (Å²) in [5.74, 6) is -1.53. The normalized spacial score (nSPS) is 13.5. The van der Waals surface area contributed by atoms with E-state index in [2.05, 4.69) is 41.8 Å². The molecule has 0 aliphatic rings. The Hall–Kier alpha value is -2.41. The standard InChI is InChI=1S/C24H39N4O3/c1-17(22(25)30)9-14-21(29)26-20(23(31)27-24(2,3)4)16-19-12-10-18(11-13-19)8-7-15-28(5)6/h10-14,17,20H,7-9,15-16H2,1-6H3,(H2,25,30)(H,26,29)(H,27,31). The molecule has 4 N–H and O–H groups in total. The van der Waals surface area contributed by atoms with Crippen LogP contribution in [-0.2, 0) is 27.2 Å². The largest absolute Gasteiger partial charge is 0.369 e. The first-order valence-corrected chi connectivity index (χ1v) is 10.8. The smallest absolute Gasteiger partial charge is 0.243 e. The third-order valence-electron chi connectivity index (χ3n) is 4.81. The van der Waals surface area contributed by atoms with Crippen molar-refractivity contribution in [1.29, 1.82) is 0 Å². The van der Waals surface area contributed by atoms with Crippen molar-refractivity contribution in [2.75, 3.05) is 20.6 Å². The summed E-state index contributed by atoms with van der Waals surface area (Å²) in [6, 6.07) is 7.45. The lowest BCUT2D eigenvalue weighted by molar-refractivity contribution is -0.128. The van der Waals surface area contributed by atoms with Crippen molar-refractivity contribution < 1.29 is 14.4 Å². The summed E-state index contributed by atoms with van der Waals surface area (Å²) in [4.78, 5) is 38.5. The molecule has 31 heavy (non-hydrogen) atoms. The number of nitrogens with zero attached hydrogens (tertiary/aromatic N) is 1. The van der Waals surface area contributed by atoms with Crippen LogP contribution in [-0.4, -0.2) is 54.8 Å². The lowest BCUT2D eigenvalue weighted by Gasteiger charge is -2.26. The van der Waals surface area contributed by atoms with Crippen LogP contribution in [0.2, 0.25) is 0 Å². The van der Waals surface area contributed by atoms with E-state index in [9.17, 15) is 14.4 Å². The minimum Gasteiger partial charge on any atom is -0.369 e. The minimum absolute atomic E-state index is 0.233. The molecule has 7 heteroatoms. The van der Waals surface area contributed by atoms with Gasteiger partial charge in [-0.15, -0.1) is 0 Å². The summed E-state index contributed by atoms with van der Waals surface area (Å²) in [5, 5.41) is 5.71. The SMILES string of the molecule is CC(C[CH]C(=O)NC(Cc1ccc(CCCN(C)C)cc1)C(=O)NC(C)(C)C)C(N)=O. The summed E-state index contributed by atoms with van der Waals surface area (Å²) in [6.07, 6.45) is 4.07. The number of aryl methyl sites for hydroxylation is 1. The Morgan fingerprint density at radius 1 is 1.10 bits per heavy atom. The predicted octanol–water partition coefficient (Wildman–Crippen LogP) is 1.84. The van der Waals surface area contributed by atoms with Gasteiger partial charge in [0.05, 0.1) is 6.42 Å². The van der Waals surface area contributed by atoms with Gasteiger partial charge in [0.25, 0.3) is 0 Å². The lowest BCUT2D eigenvalue weighted by atomic mass is 10.00. The van der Waals surface area contributed by atoms with Crippen LogP contribution in [0, 0.1) is 12.3 Å². The maximum Gasteiger partial charge on any atom is 0.243 e. The zero-order valence-electron chi connectivity index (χ0n) is 19.8. The van der Waals surface area contributed by atoms with Gasteiger partial charge in [-0.2, -0.15) is 0 Å². The van der Waals surface area contributed by atoms with Gasteiger partial charge in [0.15, 0.2) is 0 Å². The molecule has 1 rings (SSSR count). The Morgan fingerprint density at radius 2 is 1.68 bits per heavy atom. The number of hydrogen-bond acceptors (Lipinski definition) is 4. The number of amides is 3. The van der Waals surface area contributed by atoms with E-state index in [1.165, 1.54) is 12.0 Å². The van der Waals surface area contributed by atoms with Crippen LogP contribution in [0.1, 0.15) is 51.7 Å². The molecule has 7 nitrogen and oxygen atoms in total. The molecule has 0 aliphatic carbocycles. The number of primary amides is 1. The van der Waals surface area contributed by atoms with Crippen molar-refractivity contribution in [2.45, 2.75) is 65.0 Å². The van der Waals surface area contributed by atoms with E-state index in [0.717, 1.165) is 24.9 Å². The number of nitrogens with one attached hydrogen (secondary N) is 2. The molecule has 0 saturated heterocycles. The van der Waals surface area contributed by atoms with Crippen LogP contribution in [0.15, 0.2) is 24.3 Å². The number of benzene rings is 1. The Morgan fingerprint density at radius 3 is 2.19 bits per heavy atom. The van der Waals surface area contributed by atoms with Gasteiger partial charge in [-0.3, -0.25) is 14.4 Å². The average Bonchev–Trinajstić information content (AvgIpc) is 2.65. The lowest BCUT2D eigenvalue weighted by Crippen LogP contribution is -2.53. The van der Waals surface area contributed by atoms with E-state index >= 15 is 0 Å². The highest BCUT2D eigenvalue weighted by Crippen LogP contribution is 2.11. The van der Waals surface area contributed by atoms with E-state index in [4.69, 9.17) is 5.73 Å². The third kappa shape index (κ3) is 11.5. The number of carbonyl (C=O) groups is 3. The van der Waals surface area contributed by atoms with E-state index in [1.54, 1.807) is 6.92 Å². The van der Waals surface area contributed by atoms with Gasteiger partial charge in [0, 0.05) is 17.9 Å². The van der Waals surface area contributed by atoms with Gasteiger partial charge >= 0.3 is 0 Å². The van der Waals surface area contributed by atoms with Gasteiger partial charge in [0.2, 0.25) is 17.7 Å². The molecule has 0 spiro atoms. The van der Waals surface area contributed by atoms with E-state index < -0.39 is 23.4 Å². The van der Waals surface area contributed by atoms with Crippen molar-refractivity contribution in [1.82, 2.24) is 15.5 Å². The molecule has 2 atom stereocenters. The maximum atomic E-state index is 12.8. The fraction of sp³-hybridized carbons (Fsp3) is 0.583. The Kier molecular flexibility index (Phi) is 10.7. The first-order chi connectivity index (χ1) is 14.4. The first-order valence-electron chi connectivity index (χ1n) is 10.8. The maximum absolute atomic E-state index is 12.8.